The number of carbonyl (C=O) groups excluding carboxylic acids is 1. The summed E-state index contributed by atoms with van der Waals surface area (Å²) in [5.41, 5.74) is 1.72. The van der Waals surface area contributed by atoms with E-state index in [0.717, 1.165) is 0 Å². The second-order valence-electron chi connectivity index (χ2n) is 6.76. The highest BCUT2D eigenvalue weighted by Crippen LogP contribution is 2.31. The maximum Gasteiger partial charge on any atom is 0.255 e. The van der Waals surface area contributed by atoms with Crippen LogP contribution < -0.4 is 0 Å². The molecule has 1 aromatic carbocycles. The van der Waals surface area contributed by atoms with E-state index in [1.807, 2.05) is 0 Å². The van der Waals surface area contributed by atoms with E-state index in [-0.39, 0.29) is 43.3 Å². The lowest BCUT2D eigenvalue weighted by atomic mass is 10.1. The van der Waals surface area contributed by atoms with Gasteiger partial charge < -0.3 is 14.6 Å². The first-order chi connectivity index (χ1) is 13.4. The van der Waals surface area contributed by atoms with E-state index in [1.54, 1.807) is 29.0 Å². The molecule has 1 amide bonds. The highest BCUT2D eigenvalue weighted by Gasteiger charge is 2.35. The number of benzene rings is 1. The Morgan fingerprint density at radius 3 is 2.64 bits per heavy atom. The van der Waals surface area contributed by atoms with Crippen molar-refractivity contribution in [1.82, 2.24) is 14.5 Å². The van der Waals surface area contributed by atoms with Crippen molar-refractivity contribution in [2.45, 2.75) is 18.8 Å². The van der Waals surface area contributed by atoms with Gasteiger partial charge in [0.2, 0.25) is 5.69 Å². The number of likely N-dealkylation sites (tertiary alicyclic amines) is 1. The molecule has 1 aliphatic rings. The Morgan fingerprint density at radius 2 is 1.96 bits per heavy atom. The lowest BCUT2D eigenvalue weighted by Gasteiger charge is -2.31. The molecular formula is C20H16F2N4O2. The number of alkyl halides is 2. The van der Waals surface area contributed by atoms with E-state index in [9.17, 15) is 18.7 Å². The Kier molecular flexibility index (Phi) is 4.23. The van der Waals surface area contributed by atoms with Gasteiger partial charge in [0.1, 0.15) is 11.4 Å². The normalized spacial score (nSPS) is 16.1. The molecule has 0 spiro atoms. The monoisotopic (exact) mass is 382 g/mol. The van der Waals surface area contributed by atoms with Crippen LogP contribution >= 0.6 is 0 Å². The molecule has 1 aliphatic heterocycles. The first kappa shape index (κ1) is 17.9. The predicted molar refractivity (Wildman–Crippen MR) is 99.1 cm³/mol. The zero-order chi connectivity index (χ0) is 19.9. The molecule has 1 saturated heterocycles. The van der Waals surface area contributed by atoms with Crippen LogP contribution in [0, 0.1) is 6.57 Å². The van der Waals surface area contributed by atoms with Crippen LogP contribution in [0.15, 0.2) is 42.7 Å². The van der Waals surface area contributed by atoms with E-state index in [2.05, 4.69) is 9.83 Å². The Bertz CT molecular complexity index is 1110. The number of rotatable bonds is 2. The van der Waals surface area contributed by atoms with E-state index < -0.39 is 5.92 Å². The highest BCUT2D eigenvalue weighted by atomic mass is 19.3. The second kappa shape index (κ2) is 6.60. The van der Waals surface area contributed by atoms with Crippen LogP contribution in [-0.2, 0) is 0 Å². The standard InChI is InChI=1S/C20H16F2N4O2/c1-23-16-3-2-15(11-17(16)27)26-7-4-13-10-14(12-24-18(13)26)19(28)25-8-5-20(21,22)6-9-25/h2-4,7,10-12,27H,5-6,8-9H2. The van der Waals surface area contributed by atoms with Gasteiger partial charge in [0.15, 0.2) is 0 Å². The average molecular weight is 382 g/mol. The molecule has 1 fully saturated rings. The summed E-state index contributed by atoms with van der Waals surface area (Å²) < 4.78 is 28.3. The number of fused-ring (bicyclic) bond motifs is 1. The molecule has 0 bridgehead atoms. The van der Waals surface area contributed by atoms with Gasteiger partial charge in [-0.1, -0.05) is 6.07 Å². The molecule has 2 aromatic heterocycles. The van der Waals surface area contributed by atoms with Crippen LogP contribution in [-0.4, -0.2) is 44.5 Å². The molecule has 0 radical (unpaired) electrons. The molecule has 8 heteroatoms. The maximum atomic E-state index is 13.3. The van der Waals surface area contributed by atoms with Crippen LogP contribution in [0.3, 0.4) is 0 Å². The lowest BCUT2D eigenvalue weighted by Crippen LogP contribution is -2.42. The van der Waals surface area contributed by atoms with Crippen LogP contribution in [0.5, 0.6) is 5.75 Å². The van der Waals surface area contributed by atoms with Crippen LogP contribution in [0.4, 0.5) is 14.5 Å². The van der Waals surface area contributed by atoms with Crippen molar-refractivity contribution in [2.75, 3.05) is 13.1 Å². The number of amides is 1. The molecule has 4 rings (SSSR count). The first-order valence-electron chi connectivity index (χ1n) is 8.73. The van der Waals surface area contributed by atoms with Crippen molar-refractivity contribution in [1.29, 1.82) is 0 Å². The van der Waals surface area contributed by atoms with Gasteiger partial charge in [-0.25, -0.2) is 18.6 Å². The van der Waals surface area contributed by atoms with Gasteiger partial charge in [-0.15, -0.1) is 0 Å². The molecule has 0 saturated carbocycles. The summed E-state index contributed by atoms with van der Waals surface area (Å²) in [5.74, 6) is -3.13. The first-order valence-corrected chi connectivity index (χ1v) is 8.73. The average Bonchev–Trinajstić information content (AvgIpc) is 3.10. The minimum Gasteiger partial charge on any atom is -0.519 e. The number of pyridine rings is 1. The fourth-order valence-corrected chi connectivity index (χ4v) is 3.32. The van der Waals surface area contributed by atoms with E-state index >= 15 is 0 Å². The number of hydrogen-bond donors (Lipinski definition) is 1. The summed E-state index contributed by atoms with van der Waals surface area (Å²) >= 11 is 0. The van der Waals surface area contributed by atoms with Gasteiger partial charge >= 0.3 is 0 Å². The van der Waals surface area contributed by atoms with Crippen molar-refractivity contribution in [3.8, 4) is 11.4 Å². The Morgan fingerprint density at radius 1 is 1.21 bits per heavy atom. The smallest absolute Gasteiger partial charge is 0.255 e. The minimum absolute atomic E-state index is 0.0254. The predicted octanol–water partition coefficient (Wildman–Crippen LogP) is 4.15. The third kappa shape index (κ3) is 3.16. The number of aromatic hydroxyl groups is 1. The summed E-state index contributed by atoms with van der Waals surface area (Å²) in [6.07, 6.45) is 2.53. The SMILES string of the molecule is [C-]#[N+]c1ccc(-n2ccc3cc(C(=O)N4CCC(F)(F)CC4)cnc32)cc1O. The molecule has 6 nitrogen and oxygen atoms in total. The summed E-state index contributed by atoms with van der Waals surface area (Å²) in [6, 6.07) is 8.15. The number of phenols is 1. The van der Waals surface area contributed by atoms with Crippen LogP contribution in [0.25, 0.3) is 21.6 Å². The maximum absolute atomic E-state index is 13.3. The fraction of sp³-hybridized carbons (Fsp3) is 0.250. The van der Waals surface area contributed by atoms with Crippen LogP contribution in [0.1, 0.15) is 23.2 Å². The number of hydrogen-bond acceptors (Lipinski definition) is 3. The zero-order valence-electron chi connectivity index (χ0n) is 14.8. The van der Waals surface area contributed by atoms with Gasteiger partial charge in [-0.3, -0.25) is 4.79 Å². The third-order valence-electron chi connectivity index (χ3n) is 4.91. The van der Waals surface area contributed by atoms with E-state index in [0.29, 0.717) is 22.3 Å². The molecule has 0 aliphatic carbocycles. The molecule has 28 heavy (non-hydrogen) atoms. The number of carbonyl (C=O) groups is 1. The number of halogens is 2. The van der Waals surface area contributed by atoms with Gasteiger partial charge in [-0.2, -0.15) is 0 Å². The van der Waals surface area contributed by atoms with Crippen LogP contribution in [0.2, 0.25) is 0 Å². The molecule has 3 heterocycles. The van der Waals surface area contributed by atoms with E-state index in [4.69, 9.17) is 6.57 Å². The molecular weight excluding hydrogens is 366 g/mol. The van der Waals surface area contributed by atoms with Crippen molar-refractivity contribution in [3.63, 3.8) is 0 Å². The van der Waals surface area contributed by atoms with Gasteiger partial charge in [0.05, 0.1) is 12.1 Å². The quantitative estimate of drug-likeness (QED) is 0.677. The third-order valence-corrected chi connectivity index (χ3v) is 4.91. The topological polar surface area (TPSA) is 62.7 Å². The van der Waals surface area contributed by atoms with Crippen molar-refractivity contribution >= 4 is 22.6 Å². The minimum atomic E-state index is -2.70. The summed E-state index contributed by atoms with van der Waals surface area (Å²) in [7, 11) is 0. The summed E-state index contributed by atoms with van der Waals surface area (Å²) in [5, 5.41) is 10.6. The Balaban J connectivity index is 1.62. The van der Waals surface area contributed by atoms with Crippen molar-refractivity contribution < 1.29 is 18.7 Å². The van der Waals surface area contributed by atoms with Crippen molar-refractivity contribution in [2.24, 2.45) is 0 Å². The van der Waals surface area contributed by atoms with Gasteiger partial charge in [0.25, 0.3) is 11.8 Å². The Labute approximate surface area is 159 Å². The summed E-state index contributed by atoms with van der Waals surface area (Å²) in [4.78, 5) is 21.6. The number of aromatic nitrogens is 2. The molecule has 142 valence electrons. The second-order valence-corrected chi connectivity index (χ2v) is 6.76. The molecule has 0 unspecified atom stereocenters. The zero-order valence-corrected chi connectivity index (χ0v) is 14.8. The molecule has 0 atom stereocenters. The number of piperidine rings is 1. The number of phenolic OH excluding ortho intramolecular Hbond substituents is 1. The fourth-order valence-electron chi connectivity index (χ4n) is 3.32. The highest BCUT2D eigenvalue weighted by molar-refractivity contribution is 5.97. The summed E-state index contributed by atoms with van der Waals surface area (Å²) in [6.45, 7) is 7.05. The lowest BCUT2D eigenvalue weighted by molar-refractivity contribution is -0.0494. The molecule has 3 aromatic rings. The van der Waals surface area contributed by atoms with Gasteiger partial charge in [-0.05, 0) is 24.3 Å². The Hall–Kier alpha value is -3.47. The van der Waals surface area contributed by atoms with Crippen molar-refractivity contribution in [3.05, 3.63) is 59.7 Å². The molecule has 1 N–H and O–H groups in total. The van der Waals surface area contributed by atoms with E-state index in [1.165, 1.54) is 23.2 Å². The number of nitrogens with zero attached hydrogens (tertiary/aromatic N) is 4. The van der Waals surface area contributed by atoms with Gasteiger partial charge in [0, 0.05) is 49.4 Å². The largest absolute Gasteiger partial charge is 0.519 e.